The topological polar surface area (TPSA) is 46.1 Å². The third-order valence-corrected chi connectivity index (χ3v) is 12.3. The second kappa shape index (κ2) is 39.7. The van der Waals surface area contributed by atoms with Crippen molar-refractivity contribution in [2.75, 3.05) is 0 Å². The standard InChI is InChI=1S/C53H92O2.Ca/c1-3-5-7-9-11-13-15-17-19-21-23-25-27-29-31-33-35-37-39-48-41-43-52(54)50(45-48)47-51-46-49(42-44-53(51)55)40-38-36-34-32-30-28-26-24-22-20-18-16-14-12-10-8-6-4-2;/h41-46,54-55H,3-40,47H2,1-2H3;/q;+2/p-2. The summed E-state index contributed by atoms with van der Waals surface area (Å²) in [7, 11) is 0. The van der Waals surface area contributed by atoms with Crippen LogP contribution in [0.3, 0.4) is 0 Å². The molecule has 0 aliphatic carbocycles. The zero-order valence-electron chi connectivity index (χ0n) is 37.6. The Balaban J connectivity index is 0.0000157. The number of hydrogen-bond acceptors (Lipinski definition) is 2. The average Bonchev–Trinajstić information content (AvgIpc) is 3.19. The molecule has 0 aromatic heterocycles. The van der Waals surface area contributed by atoms with E-state index in [9.17, 15) is 10.2 Å². The monoisotopic (exact) mass is 799 g/mol. The fraction of sp³-hybridized carbons (Fsp3) is 0.774. The smallest absolute Gasteiger partial charge is 0.872 e. The van der Waals surface area contributed by atoms with E-state index in [2.05, 4.69) is 26.0 Å². The van der Waals surface area contributed by atoms with E-state index >= 15 is 0 Å². The van der Waals surface area contributed by atoms with Crippen molar-refractivity contribution in [2.45, 2.75) is 264 Å². The zero-order valence-corrected chi connectivity index (χ0v) is 39.8. The van der Waals surface area contributed by atoms with Gasteiger partial charge in [-0.15, -0.1) is 11.5 Å². The van der Waals surface area contributed by atoms with E-state index in [0.717, 1.165) is 24.0 Å². The molecule has 0 aliphatic heterocycles. The van der Waals surface area contributed by atoms with Gasteiger partial charge in [0.15, 0.2) is 0 Å². The van der Waals surface area contributed by atoms with E-state index in [1.165, 1.54) is 242 Å². The van der Waals surface area contributed by atoms with Crippen LogP contribution in [0.25, 0.3) is 0 Å². The molecule has 0 unspecified atom stereocenters. The van der Waals surface area contributed by atoms with Crippen LogP contribution < -0.4 is 10.2 Å². The van der Waals surface area contributed by atoms with Gasteiger partial charge in [0.25, 0.3) is 0 Å². The molecule has 2 nitrogen and oxygen atoms in total. The first-order valence-corrected chi connectivity index (χ1v) is 24.7. The van der Waals surface area contributed by atoms with Crippen LogP contribution >= 0.6 is 0 Å². The largest absolute Gasteiger partial charge is 2.00 e. The van der Waals surface area contributed by atoms with Crippen molar-refractivity contribution in [3.05, 3.63) is 58.7 Å². The molecule has 316 valence electrons. The Hall–Kier alpha value is -0.700. The normalized spacial score (nSPS) is 11.3. The van der Waals surface area contributed by atoms with Gasteiger partial charge in [-0.3, -0.25) is 0 Å². The van der Waals surface area contributed by atoms with Crippen molar-refractivity contribution >= 4 is 37.7 Å². The van der Waals surface area contributed by atoms with Crippen LogP contribution in [-0.4, -0.2) is 37.7 Å². The summed E-state index contributed by atoms with van der Waals surface area (Å²) in [6.07, 6.45) is 52.6. The summed E-state index contributed by atoms with van der Waals surface area (Å²) in [5.74, 6) is 0.129. The fourth-order valence-electron chi connectivity index (χ4n) is 8.52. The summed E-state index contributed by atoms with van der Waals surface area (Å²) in [5.41, 5.74) is 4.05. The van der Waals surface area contributed by atoms with Crippen LogP contribution in [0.4, 0.5) is 0 Å². The van der Waals surface area contributed by atoms with E-state index in [1.54, 1.807) is 12.1 Å². The van der Waals surface area contributed by atoms with Crippen LogP contribution in [0.2, 0.25) is 0 Å². The van der Waals surface area contributed by atoms with Gasteiger partial charge in [-0.2, -0.15) is 0 Å². The molecular weight excluding hydrogens is 709 g/mol. The molecule has 3 heteroatoms. The second-order valence-electron chi connectivity index (χ2n) is 17.6. The van der Waals surface area contributed by atoms with Gasteiger partial charge in [-0.25, -0.2) is 0 Å². The first kappa shape index (κ1) is 53.3. The second-order valence-corrected chi connectivity index (χ2v) is 17.6. The van der Waals surface area contributed by atoms with Crippen molar-refractivity contribution in [3.63, 3.8) is 0 Å². The summed E-state index contributed by atoms with van der Waals surface area (Å²) < 4.78 is 0. The molecule has 2 rings (SSSR count). The number of rotatable bonds is 40. The quantitative estimate of drug-likeness (QED) is 0.0498. The van der Waals surface area contributed by atoms with Crippen molar-refractivity contribution in [3.8, 4) is 11.5 Å². The molecule has 0 heterocycles. The molecule has 0 atom stereocenters. The summed E-state index contributed by atoms with van der Waals surface area (Å²) in [6, 6.07) is 11.6. The maximum absolute atomic E-state index is 12.8. The van der Waals surface area contributed by atoms with Crippen LogP contribution in [-0.2, 0) is 19.3 Å². The molecular formula is C53H90CaO2. The number of hydrogen-bond donors (Lipinski definition) is 0. The van der Waals surface area contributed by atoms with Crippen LogP contribution in [0.1, 0.15) is 267 Å². The molecule has 56 heavy (non-hydrogen) atoms. The predicted octanol–water partition coefficient (Wildman–Crippen LogP) is 16.2. The van der Waals surface area contributed by atoms with Crippen LogP contribution in [0.5, 0.6) is 11.5 Å². The zero-order chi connectivity index (χ0) is 39.3. The first-order valence-electron chi connectivity index (χ1n) is 24.7. The molecule has 2 aromatic carbocycles. The summed E-state index contributed by atoms with van der Waals surface area (Å²) in [4.78, 5) is 0. The summed E-state index contributed by atoms with van der Waals surface area (Å²) >= 11 is 0. The average molecular weight is 799 g/mol. The minimum Gasteiger partial charge on any atom is -0.872 e. The Labute approximate surface area is 379 Å². The van der Waals surface area contributed by atoms with Gasteiger partial charge in [0.05, 0.1) is 0 Å². The summed E-state index contributed by atoms with van der Waals surface area (Å²) in [6.45, 7) is 4.59. The Morgan fingerprint density at radius 3 is 0.750 bits per heavy atom. The molecule has 0 N–H and O–H groups in total. The third kappa shape index (κ3) is 30.4. The fourth-order valence-corrected chi connectivity index (χ4v) is 8.52. The molecule has 0 aliphatic rings. The maximum atomic E-state index is 12.8. The molecule has 0 amide bonds. The van der Waals surface area contributed by atoms with E-state index in [-0.39, 0.29) is 49.2 Å². The summed E-state index contributed by atoms with van der Waals surface area (Å²) in [5, 5.41) is 25.5. The van der Waals surface area contributed by atoms with Gasteiger partial charge in [-0.05, 0) is 43.2 Å². The molecule has 0 bridgehead atoms. The van der Waals surface area contributed by atoms with E-state index in [4.69, 9.17) is 0 Å². The van der Waals surface area contributed by atoms with E-state index in [0.29, 0.717) is 6.42 Å². The minimum absolute atomic E-state index is 0. The molecule has 0 saturated heterocycles. The van der Waals surface area contributed by atoms with Gasteiger partial charge in [0.2, 0.25) is 0 Å². The van der Waals surface area contributed by atoms with Crippen LogP contribution in [0.15, 0.2) is 36.4 Å². The Kier molecular flexibility index (Phi) is 37.8. The van der Waals surface area contributed by atoms with Crippen LogP contribution in [0, 0.1) is 0 Å². The number of benzene rings is 2. The van der Waals surface area contributed by atoms with Gasteiger partial charge >= 0.3 is 37.7 Å². The number of unbranched alkanes of at least 4 members (excludes halogenated alkanes) is 34. The molecule has 2 aromatic rings. The van der Waals surface area contributed by atoms with Gasteiger partial charge < -0.3 is 10.2 Å². The molecule has 0 spiro atoms. The predicted molar refractivity (Wildman–Crippen MR) is 245 cm³/mol. The molecule has 0 fully saturated rings. The van der Waals surface area contributed by atoms with Crippen molar-refractivity contribution in [1.82, 2.24) is 0 Å². The van der Waals surface area contributed by atoms with Gasteiger partial charge in [0, 0.05) is 0 Å². The first-order chi connectivity index (χ1) is 27.1. The Bertz CT molecular complexity index is 1040. The van der Waals surface area contributed by atoms with E-state index in [1.807, 2.05) is 12.1 Å². The minimum atomic E-state index is 0. The van der Waals surface area contributed by atoms with Gasteiger partial charge in [-0.1, -0.05) is 280 Å². The molecule has 0 saturated carbocycles. The maximum Gasteiger partial charge on any atom is 2.00 e. The number of aryl methyl sites for hydroxylation is 2. The molecule has 0 radical (unpaired) electrons. The van der Waals surface area contributed by atoms with Crippen molar-refractivity contribution < 1.29 is 10.2 Å². The third-order valence-electron chi connectivity index (χ3n) is 12.3. The Morgan fingerprint density at radius 2 is 0.518 bits per heavy atom. The Morgan fingerprint density at radius 1 is 0.304 bits per heavy atom. The SMILES string of the molecule is CCCCCCCCCCCCCCCCCCCCc1ccc([O-])c(Cc2cc(CCCCCCCCCCCCCCCCCCCC)ccc2[O-])c1.[Ca+2]. The van der Waals surface area contributed by atoms with E-state index < -0.39 is 0 Å². The van der Waals surface area contributed by atoms with Crippen molar-refractivity contribution in [1.29, 1.82) is 0 Å². The van der Waals surface area contributed by atoms with Crippen molar-refractivity contribution in [2.24, 2.45) is 0 Å². The van der Waals surface area contributed by atoms with Gasteiger partial charge in [0.1, 0.15) is 0 Å².